The molecule has 0 aliphatic carbocycles. The second-order valence-corrected chi connectivity index (χ2v) is 7.42. The first-order chi connectivity index (χ1) is 15.6. The first-order valence-electron chi connectivity index (χ1n) is 10.3. The van der Waals surface area contributed by atoms with E-state index in [2.05, 4.69) is 10.6 Å². The van der Waals surface area contributed by atoms with Gasteiger partial charge in [-0.2, -0.15) is 0 Å². The van der Waals surface area contributed by atoms with Crippen molar-refractivity contribution in [3.05, 3.63) is 113 Å². The summed E-state index contributed by atoms with van der Waals surface area (Å²) in [5.41, 5.74) is 3.57. The highest BCUT2D eigenvalue weighted by Gasteiger charge is 2.33. The van der Waals surface area contributed by atoms with Crippen LogP contribution in [0.1, 0.15) is 22.7 Å². The normalized spacial score (nSPS) is 15.5. The molecular formula is C26H24N2O4. The molecule has 6 nitrogen and oxygen atoms in total. The summed E-state index contributed by atoms with van der Waals surface area (Å²) < 4.78 is 10.8. The van der Waals surface area contributed by atoms with Crippen LogP contribution in [0.4, 0.5) is 4.79 Å². The molecule has 1 aliphatic heterocycles. The number of benzene rings is 3. The first-order valence-corrected chi connectivity index (χ1v) is 10.3. The SMILES string of the molecule is COc1ccc(COC(=O)C2=C(Cc3ccccc3)NC(=O)NC2c2ccccc2)cc1. The van der Waals surface area contributed by atoms with Crippen molar-refractivity contribution in [3.63, 3.8) is 0 Å². The molecule has 4 rings (SSSR count). The second-order valence-electron chi connectivity index (χ2n) is 7.42. The van der Waals surface area contributed by atoms with E-state index in [1.54, 1.807) is 7.11 Å². The summed E-state index contributed by atoms with van der Waals surface area (Å²) in [7, 11) is 1.60. The fourth-order valence-corrected chi connectivity index (χ4v) is 3.64. The third-order valence-electron chi connectivity index (χ3n) is 5.26. The zero-order valence-corrected chi connectivity index (χ0v) is 17.7. The summed E-state index contributed by atoms with van der Waals surface area (Å²) in [5.74, 6) is 0.254. The van der Waals surface area contributed by atoms with Crippen LogP contribution in [-0.2, 0) is 22.6 Å². The van der Waals surface area contributed by atoms with E-state index in [1.165, 1.54) is 0 Å². The minimum Gasteiger partial charge on any atom is -0.497 e. The van der Waals surface area contributed by atoms with E-state index < -0.39 is 12.0 Å². The van der Waals surface area contributed by atoms with Gasteiger partial charge in [-0.25, -0.2) is 9.59 Å². The van der Waals surface area contributed by atoms with Crippen molar-refractivity contribution in [1.29, 1.82) is 0 Å². The zero-order chi connectivity index (χ0) is 22.3. The number of urea groups is 1. The smallest absolute Gasteiger partial charge is 0.338 e. The number of esters is 1. The number of amides is 2. The lowest BCUT2D eigenvalue weighted by Gasteiger charge is -2.29. The highest BCUT2D eigenvalue weighted by atomic mass is 16.5. The van der Waals surface area contributed by atoms with Crippen molar-refractivity contribution in [2.75, 3.05) is 7.11 Å². The average molecular weight is 428 g/mol. The van der Waals surface area contributed by atoms with Crippen LogP contribution in [-0.4, -0.2) is 19.1 Å². The molecule has 0 saturated carbocycles. The molecule has 3 aromatic carbocycles. The molecule has 32 heavy (non-hydrogen) atoms. The van der Waals surface area contributed by atoms with Crippen LogP contribution in [0.15, 0.2) is 96.2 Å². The van der Waals surface area contributed by atoms with E-state index in [0.29, 0.717) is 17.7 Å². The second kappa shape index (κ2) is 9.83. The van der Waals surface area contributed by atoms with Gasteiger partial charge in [0.15, 0.2) is 0 Å². The van der Waals surface area contributed by atoms with Gasteiger partial charge in [0.1, 0.15) is 12.4 Å². The van der Waals surface area contributed by atoms with Gasteiger partial charge in [0, 0.05) is 12.1 Å². The van der Waals surface area contributed by atoms with Crippen molar-refractivity contribution in [2.24, 2.45) is 0 Å². The third kappa shape index (κ3) is 4.98. The molecule has 1 atom stereocenters. The van der Waals surface area contributed by atoms with Crippen LogP contribution in [0.3, 0.4) is 0 Å². The maximum atomic E-state index is 13.3. The van der Waals surface area contributed by atoms with E-state index in [-0.39, 0.29) is 12.6 Å². The van der Waals surface area contributed by atoms with Gasteiger partial charge in [-0.3, -0.25) is 0 Å². The molecule has 0 bridgehead atoms. The fraction of sp³-hybridized carbons (Fsp3) is 0.154. The molecule has 1 unspecified atom stereocenters. The number of ether oxygens (including phenoxy) is 2. The Bertz CT molecular complexity index is 1110. The summed E-state index contributed by atoms with van der Waals surface area (Å²) >= 11 is 0. The highest BCUT2D eigenvalue weighted by molar-refractivity contribution is 5.95. The van der Waals surface area contributed by atoms with Gasteiger partial charge in [-0.05, 0) is 28.8 Å². The largest absolute Gasteiger partial charge is 0.497 e. The van der Waals surface area contributed by atoms with Gasteiger partial charge in [-0.1, -0.05) is 72.8 Å². The highest BCUT2D eigenvalue weighted by Crippen LogP contribution is 2.29. The van der Waals surface area contributed by atoms with E-state index in [9.17, 15) is 9.59 Å². The molecule has 3 aromatic rings. The van der Waals surface area contributed by atoms with Crippen LogP contribution in [0.5, 0.6) is 5.75 Å². The summed E-state index contributed by atoms with van der Waals surface area (Å²) in [6, 6.07) is 25.5. The van der Waals surface area contributed by atoms with Crippen molar-refractivity contribution in [2.45, 2.75) is 19.1 Å². The van der Waals surface area contributed by atoms with Crippen LogP contribution in [0, 0.1) is 0 Å². The van der Waals surface area contributed by atoms with Crippen LogP contribution < -0.4 is 15.4 Å². The molecule has 0 spiro atoms. The van der Waals surface area contributed by atoms with Gasteiger partial charge in [0.2, 0.25) is 0 Å². The first kappa shape index (κ1) is 21.2. The molecule has 1 heterocycles. The van der Waals surface area contributed by atoms with Crippen molar-refractivity contribution >= 4 is 12.0 Å². The molecule has 1 aliphatic rings. The molecule has 2 amide bonds. The van der Waals surface area contributed by atoms with Crippen molar-refractivity contribution in [3.8, 4) is 5.75 Å². The zero-order valence-electron chi connectivity index (χ0n) is 17.7. The van der Waals surface area contributed by atoms with Gasteiger partial charge in [0.05, 0.1) is 18.7 Å². The monoisotopic (exact) mass is 428 g/mol. The number of rotatable bonds is 7. The van der Waals surface area contributed by atoms with Crippen molar-refractivity contribution < 1.29 is 19.1 Å². The number of allylic oxidation sites excluding steroid dienone is 1. The average Bonchev–Trinajstić information content (AvgIpc) is 2.83. The molecule has 0 radical (unpaired) electrons. The van der Waals surface area contributed by atoms with E-state index in [1.807, 2.05) is 84.9 Å². The van der Waals surface area contributed by atoms with Gasteiger partial charge in [0.25, 0.3) is 0 Å². The number of carbonyl (C=O) groups excluding carboxylic acids is 2. The Hall–Kier alpha value is -4.06. The van der Waals surface area contributed by atoms with Crippen LogP contribution >= 0.6 is 0 Å². The topological polar surface area (TPSA) is 76.7 Å². The quantitative estimate of drug-likeness (QED) is 0.551. The number of hydrogen-bond donors (Lipinski definition) is 2. The summed E-state index contributed by atoms with van der Waals surface area (Å²) in [6.07, 6.45) is 0.407. The number of methoxy groups -OCH3 is 1. The van der Waals surface area contributed by atoms with Gasteiger partial charge >= 0.3 is 12.0 Å². The Kier molecular flexibility index (Phi) is 6.51. The van der Waals surface area contributed by atoms with Crippen LogP contribution in [0.25, 0.3) is 0 Å². The standard InChI is InChI=1S/C26H24N2O4/c1-31-21-14-12-19(13-15-21)17-32-25(29)23-22(16-18-8-4-2-5-9-18)27-26(30)28-24(23)20-10-6-3-7-11-20/h2-15,24H,16-17H2,1H3,(H2,27,28,30). The Morgan fingerprint density at radius 1 is 0.875 bits per heavy atom. The predicted molar refractivity (Wildman–Crippen MR) is 121 cm³/mol. The Balaban J connectivity index is 1.65. The third-order valence-corrected chi connectivity index (χ3v) is 5.26. The van der Waals surface area contributed by atoms with E-state index in [4.69, 9.17) is 9.47 Å². The fourth-order valence-electron chi connectivity index (χ4n) is 3.64. The molecule has 2 N–H and O–H groups in total. The molecule has 0 saturated heterocycles. The lowest BCUT2D eigenvalue weighted by Crippen LogP contribution is -2.46. The van der Waals surface area contributed by atoms with Crippen molar-refractivity contribution in [1.82, 2.24) is 10.6 Å². The lowest BCUT2D eigenvalue weighted by atomic mass is 9.93. The number of nitrogens with one attached hydrogen (secondary N) is 2. The van der Waals surface area contributed by atoms with Gasteiger partial charge < -0.3 is 20.1 Å². The van der Waals surface area contributed by atoms with Gasteiger partial charge in [-0.15, -0.1) is 0 Å². The molecular weight excluding hydrogens is 404 g/mol. The molecule has 0 fully saturated rings. The predicted octanol–water partition coefficient (Wildman–Crippen LogP) is 4.29. The van der Waals surface area contributed by atoms with E-state index in [0.717, 1.165) is 22.4 Å². The minimum atomic E-state index is -0.605. The van der Waals surface area contributed by atoms with E-state index >= 15 is 0 Å². The summed E-state index contributed by atoms with van der Waals surface area (Å²) in [5, 5.41) is 5.69. The minimum absolute atomic E-state index is 0.112. The Morgan fingerprint density at radius 2 is 1.53 bits per heavy atom. The summed E-state index contributed by atoms with van der Waals surface area (Å²) in [6.45, 7) is 0.112. The maximum absolute atomic E-state index is 13.3. The molecule has 0 aromatic heterocycles. The lowest BCUT2D eigenvalue weighted by molar-refractivity contribution is -0.140. The number of carbonyl (C=O) groups is 2. The maximum Gasteiger partial charge on any atom is 0.338 e. The Labute approximate surface area is 186 Å². The van der Waals surface area contributed by atoms with Crippen LogP contribution in [0.2, 0.25) is 0 Å². The Morgan fingerprint density at radius 3 is 2.19 bits per heavy atom. The molecule has 162 valence electrons. The molecule has 6 heteroatoms. The number of hydrogen-bond acceptors (Lipinski definition) is 4. The summed E-state index contributed by atoms with van der Waals surface area (Å²) in [4.78, 5) is 25.7.